The number of hydrogen-bond acceptors (Lipinski definition) is 6. The van der Waals surface area contributed by atoms with Gasteiger partial charge in [-0.2, -0.15) is 0 Å². The maximum absolute atomic E-state index is 13.5. The van der Waals surface area contributed by atoms with Gasteiger partial charge in [0.1, 0.15) is 0 Å². The summed E-state index contributed by atoms with van der Waals surface area (Å²) in [6.45, 7) is 10.9. The van der Waals surface area contributed by atoms with Crippen LogP contribution in [0.1, 0.15) is 36.7 Å². The first-order valence-corrected chi connectivity index (χ1v) is 13.0. The Morgan fingerprint density at radius 3 is 2.22 bits per heavy atom. The summed E-state index contributed by atoms with van der Waals surface area (Å²) in [7, 11) is -3.31. The van der Waals surface area contributed by atoms with Gasteiger partial charge in [-0.15, -0.1) is 12.4 Å². The van der Waals surface area contributed by atoms with Gasteiger partial charge in [0.2, 0.25) is 0 Å². The second-order valence-corrected chi connectivity index (χ2v) is 10.6. The third-order valence-electron chi connectivity index (χ3n) is 5.46. The standard InChI is InChI=1S/C23H29N3O3S2.ClH/c1-5-25(6-2)15-16-26(23-24-21-17(4)9-8-10-20(21)30-23)22(27)18-11-13-19(14-12-18)31(28,29)7-3;/h8-14H,5-7,15-16H2,1-4H3;1H. The average molecular weight is 496 g/mol. The van der Waals surface area contributed by atoms with Gasteiger partial charge in [0.15, 0.2) is 15.0 Å². The van der Waals surface area contributed by atoms with Gasteiger partial charge in [-0.3, -0.25) is 9.69 Å². The van der Waals surface area contributed by atoms with Crippen molar-refractivity contribution in [3.05, 3.63) is 53.6 Å². The van der Waals surface area contributed by atoms with Crippen molar-refractivity contribution in [2.45, 2.75) is 32.6 Å². The number of sulfone groups is 1. The summed E-state index contributed by atoms with van der Waals surface area (Å²) in [5, 5.41) is 0.659. The zero-order valence-corrected chi connectivity index (χ0v) is 21.3. The summed E-state index contributed by atoms with van der Waals surface area (Å²) in [4.78, 5) is 22.4. The van der Waals surface area contributed by atoms with Crippen LogP contribution in [0.15, 0.2) is 47.4 Å². The molecule has 1 heterocycles. The summed E-state index contributed by atoms with van der Waals surface area (Å²) < 4.78 is 25.2. The van der Waals surface area contributed by atoms with Gasteiger partial charge in [-0.25, -0.2) is 13.4 Å². The highest BCUT2D eigenvalue weighted by Gasteiger charge is 2.23. The molecule has 0 atom stereocenters. The summed E-state index contributed by atoms with van der Waals surface area (Å²) in [6.07, 6.45) is 0. The molecule has 0 fully saturated rings. The van der Waals surface area contributed by atoms with Crippen LogP contribution in [0.4, 0.5) is 5.13 Å². The van der Waals surface area contributed by atoms with E-state index in [0.717, 1.165) is 35.4 Å². The van der Waals surface area contributed by atoms with Crippen molar-refractivity contribution in [2.24, 2.45) is 0 Å². The zero-order valence-electron chi connectivity index (χ0n) is 18.9. The zero-order chi connectivity index (χ0) is 22.6. The molecule has 0 N–H and O–H groups in total. The van der Waals surface area contributed by atoms with E-state index in [0.29, 0.717) is 17.2 Å². The minimum absolute atomic E-state index is 0. The number of fused-ring (bicyclic) bond motifs is 1. The fraction of sp³-hybridized carbons (Fsp3) is 0.391. The fourth-order valence-electron chi connectivity index (χ4n) is 3.38. The molecule has 0 unspecified atom stereocenters. The molecule has 3 rings (SSSR count). The van der Waals surface area contributed by atoms with Gasteiger partial charge in [-0.05, 0) is 55.9 Å². The highest BCUT2D eigenvalue weighted by molar-refractivity contribution is 7.91. The molecule has 6 nitrogen and oxygen atoms in total. The van der Waals surface area contributed by atoms with Crippen LogP contribution in [0.3, 0.4) is 0 Å². The molecule has 0 spiro atoms. The van der Waals surface area contributed by atoms with E-state index >= 15 is 0 Å². The summed E-state index contributed by atoms with van der Waals surface area (Å²) in [5.74, 6) is -0.147. The number of amides is 1. The molecule has 3 aromatic rings. The van der Waals surface area contributed by atoms with E-state index in [-0.39, 0.29) is 29.0 Å². The molecule has 0 radical (unpaired) electrons. The van der Waals surface area contributed by atoms with Crippen molar-refractivity contribution in [2.75, 3.05) is 36.8 Å². The number of anilines is 1. The van der Waals surface area contributed by atoms with Crippen LogP contribution in [0.5, 0.6) is 0 Å². The topological polar surface area (TPSA) is 70.6 Å². The Balaban J connectivity index is 0.00000363. The third kappa shape index (κ3) is 5.67. The van der Waals surface area contributed by atoms with Crippen LogP contribution in [0.25, 0.3) is 10.2 Å². The van der Waals surface area contributed by atoms with Crippen molar-refractivity contribution in [3.63, 3.8) is 0 Å². The van der Waals surface area contributed by atoms with Crippen molar-refractivity contribution in [3.8, 4) is 0 Å². The molecule has 1 amide bonds. The molecule has 0 aliphatic heterocycles. The number of rotatable bonds is 9. The predicted molar refractivity (Wildman–Crippen MR) is 135 cm³/mol. The predicted octanol–water partition coefficient (Wildman–Crippen LogP) is 4.81. The first-order chi connectivity index (χ1) is 14.8. The number of thiazole rings is 1. The Bertz CT molecular complexity index is 1160. The smallest absolute Gasteiger partial charge is 0.260 e. The number of carbonyl (C=O) groups is 1. The summed E-state index contributed by atoms with van der Waals surface area (Å²) in [6, 6.07) is 12.2. The van der Waals surface area contributed by atoms with E-state index in [4.69, 9.17) is 4.98 Å². The molecule has 32 heavy (non-hydrogen) atoms. The maximum atomic E-state index is 13.5. The van der Waals surface area contributed by atoms with Crippen LogP contribution >= 0.6 is 23.7 Å². The van der Waals surface area contributed by atoms with E-state index in [1.165, 1.54) is 23.5 Å². The Labute approximate surface area is 200 Å². The molecule has 0 saturated heterocycles. The minimum atomic E-state index is -3.31. The summed E-state index contributed by atoms with van der Waals surface area (Å²) in [5.41, 5.74) is 2.43. The Morgan fingerprint density at radius 2 is 1.66 bits per heavy atom. The lowest BCUT2D eigenvalue weighted by Gasteiger charge is -2.24. The van der Waals surface area contributed by atoms with Crippen molar-refractivity contribution < 1.29 is 13.2 Å². The molecule has 0 bridgehead atoms. The van der Waals surface area contributed by atoms with E-state index in [1.54, 1.807) is 24.0 Å². The van der Waals surface area contributed by atoms with E-state index in [9.17, 15) is 13.2 Å². The SMILES string of the molecule is CCN(CC)CCN(C(=O)c1ccc(S(=O)(=O)CC)cc1)c1nc2c(C)cccc2s1.Cl. The molecule has 0 aliphatic rings. The first kappa shape index (κ1) is 26.3. The number of para-hydroxylation sites is 1. The molecule has 2 aromatic carbocycles. The minimum Gasteiger partial charge on any atom is -0.302 e. The van der Waals surface area contributed by atoms with E-state index in [1.807, 2.05) is 25.1 Å². The molecular formula is C23H30ClN3O3S2. The largest absolute Gasteiger partial charge is 0.302 e. The number of aromatic nitrogens is 1. The fourth-order valence-corrected chi connectivity index (χ4v) is 5.33. The highest BCUT2D eigenvalue weighted by Crippen LogP contribution is 2.31. The number of likely N-dealkylation sites (N-methyl/N-ethyl adjacent to an activating group) is 1. The third-order valence-corrected chi connectivity index (χ3v) is 8.25. The lowest BCUT2D eigenvalue weighted by atomic mass is 10.2. The maximum Gasteiger partial charge on any atom is 0.260 e. The molecule has 9 heteroatoms. The number of halogens is 1. The first-order valence-electron chi connectivity index (χ1n) is 10.5. The van der Waals surface area contributed by atoms with E-state index < -0.39 is 9.84 Å². The number of benzene rings is 2. The lowest BCUT2D eigenvalue weighted by molar-refractivity contribution is 0.0983. The number of nitrogens with zero attached hydrogens (tertiary/aromatic N) is 3. The van der Waals surface area contributed by atoms with Crippen LogP contribution in [-0.4, -0.2) is 56.1 Å². The van der Waals surface area contributed by atoms with Gasteiger partial charge in [0, 0.05) is 18.7 Å². The molecule has 174 valence electrons. The molecule has 0 saturated carbocycles. The number of hydrogen-bond donors (Lipinski definition) is 0. The van der Waals surface area contributed by atoms with Gasteiger partial charge in [0.25, 0.3) is 5.91 Å². The molecular weight excluding hydrogens is 466 g/mol. The highest BCUT2D eigenvalue weighted by atomic mass is 35.5. The average Bonchev–Trinajstić information content (AvgIpc) is 3.22. The Hall–Kier alpha value is -2.00. The van der Waals surface area contributed by atoms with Gasteiger partial charge in [-0.1, -0.05) is 44.2 Å². The Kier molecular flexibility index (Phi) is 9.21. The van der Waals surface area contributed by atoms with Crippen LogP contribution in [0, 0.1) is 6.92 Å². The normalized spacial score (nSPS) is 11.5. The van der Waals surface area contributed by atoms with Crippen LogP contribution in [-0.2, 0) is 9.84 Å². The quantitative estimate of drug-likeness (QED) is 0.426. The van der Waals surface area contributed by atoms with Crippen LogP contribution in [0.2, 0.25) is 0 Å². The second-order valence-electron chi connectivity index (χ2n) is 7.33. The molecule has 0 aliphatic carbocycles. The number of carbonyl (C=O) groups excluding carboxylic acids is 1. The van der Waals surface area contributed by atoms with Crippen molar-refractivity contribution in [1.29, 1.82) is 0 Å². The van der Waals surface area contributed by atoms with Gasteiger partial charge in [0.05, 0.1) is 20.9 Å². The Morgan fingerprint density at radius 1 is 1.00 bits per heavy atom. The molecule has 1 aromatic heterocycles. The monoisotopic (exact) mass is 495 g/mol. The summed E-state index contributed by atoms with van der Waals surface area (Å²) >= 11 is 1.50. The van der Waals surface area contributed by atoms with E-state index in [2.05, 4.69) is 18.7 Å². The lowest BCUT2D eigenvalue weighted by Crippen LogP contribution is -2.38. The van der Waals surface area contributed by atoms with Crippen LogP contribution < -0.4 is 4.90 Å². The van der Waals surface area contributed by atoms with Gasteiger partial charge < -0.3 is 4.90 Å². The second kappa shape index (κ2) is 11.2. The van der Waals surface area contributed by atoms with Crippen molar-refractivity contribution in [1.82, 2.24) is 9.88 Å². The van der Waals surface area contributed by atoms with Gasteiger partial charge >= 0.3 is 0 Å². The number of aryl methyl sites for hydroxylation is 1. The van der Waals surface area contributed by atoms with Crippen molar-refractivity contribution >= 4 is 54.8 Å².